The molecule has 2 heterocycles. The minimum atomic E-state index is -4.59. The van der Waals surface area contributed by atoms with Crippen molar-refractivity contribution in [1.29, 1.82) is 0 Å². The second kappa shape index (κ2) is 9.82. The maximum Gasteiger partial charge on any atom is 0.416 e. The number of H-pyrrole nitrogens is 1. The molecule has 1 aliphatic heterocycles. The third-order valence-corrected chi connectivity index (χ3v) is 6.44. The zero-order valence-corrected chi connectivity index (χ0v) is 20.6. The molecular weight excluding hydrogens is 445 g/mol. The van der Waals surface area contributed by atoms with Gasteiger partial charge in [0, 0.05) is 48.7 Å². The standard InChI is InChI=1S/C25H33F3N4O2/c1-7-32(18-12-31(6)13-18)22-10-17(25(26,27)28)9-20(16(22)5)23(33)29-11-21-19(14(2)3)8-15(4)30-24(21)34/h8-10,14,18H,7,11-13H2,1-6H3,(H,29,33)(H,30,34). The number of nitrogens with one attached hydrogen (secondary N) is 2. The highest BCUT2D eigenvalue weighted by molar-refractivity contribution is 5.97. The van der Waals surface area contributed by atoms with Crippen molar-refractivity contribution in [3.05, 3.63) is 62.1 Å². The molecule has 1 aromatic heterocycles. The van der Waals surface area contributed by atoms with Crippen molar-refractivity contribution < 1.29 is 18.0 Å². The van der Waals surface area contributed by atoms with E-state index in [-0.39, 0.29) is 29.6 Å². The van der Waals surface area contributed by atoms with E-state index < -0.39 is 17.6 Å². The second-order valence-electron chi connectivity index (χ2n) is 9.38. The Morgan fingerprint density at radius 1 is 1.24 bits per heavy atom. The molecule has 0 bridgehead atoms. The highest BCUT2D eigenvalue weighted by Gasteiger charge is 2.35. The van der Waals surface area contributed by atoms with Gasteiger partial charge in [0.25, 0.3) is 11.5 Å². The van der Waals surface area contributed by atoms with Crippen molar-refractivity contribution in [1.82, 2.24) is 15.2 Å². The molecule has 34 heavy (non-hydrogen) atoms. The fraction of sp³-hybridized carbons (Fsp3) is 0.520. The van der Waals surface area contributed by atoms with Gasteiger partial charge in [-0.2, -0.15) is 13.2 Å². The number of aryl methyl sites for hydroxylation is 1. The Kier molecular flexibility index (Phi) is 7.45. The summed E-state index contributed by atoms with van der Waals surface area (Å²) in [5.41, 5.74) is 1.62. The summed E-state index contributed by atoms with van der Waals surface area (Å²) >= 11 is 0. The van der Waals surface area contributed by atoms with E-state index in [4.69, 9.17) is 0 Å². The maximum atomic E-state index is 13.7. The first-order valence-corrected chi connectivity index (χ1v) is 11.5. The van der Waals surface area contributed by atoms with Crippen molar-refractivity contribution in [2.24, 2.45) is 0 Å². The summed E-state index contributed by atoms with van der Waals surface area (Å²) in [6.07, 6.45) is -4.59. The molecule has 1 aromatic carbocycles. The van der Waals surface area contributed by atoms with Gasteiger partial charge in [-0.15, -0.1) is 0 Å². The van der Waals surface area contributed by atoms with Crippen LogP contribution in [-0.2, 0) is 12.7 Å². The molecule has 6 nitrogen and oxygen atoms in total. The molecule has 186 valence electrons. The minimum absolute atomic E-state index is 0.0365. The molecule has 1 aliphatic rings. The van der Waals surface area contributed by atoms with Gasteiger partial charge in [-0.3, -0.25) is 9.59 Å². The number of likely N-dealkylation sites (tertiary alicyclic amines) is 1. The van der Waals surface area contributed by atoms with Crippen LogP contribution in [0.5, 0.6) is 0 Å². The van der Waals surface area contributed by atoms with Crippen molar-refractivity contribution >= 4 is 11.6 Å². The van der Waals surface area contributed by atoms with E-state index in [0.29, 0.717) is 29.1 Å². The summed E-state index contributed by atoms with van der Waals surface area (Å²) < 4.78 is 41.2. The van der Waals surface area contributed by atoms with E-state index in [2.05, 4.69) is 15.2 Å². The first kappa shape index (κ1) is 25.8. The topological polar surface area (TPSA) is 68.4 Å². The van der Waals surface area contributed by atoms with Crippen LogP contribution in [0.4, 0.5) is 18.9 Å². The highest BCUT2D eigenvalue weighted by atomic mass is 19.4. The third-order valence-electron chi connectivity index (χ3n) is 6.44. The van der Waals surface area contributed by atoms with Crippen LogP contribution in [0, 0.1) is 13.8 Å². The first-order chi connectivity index (χ1) is 15.8. The number of benzene rings is 1. The SMILES string of the molecule is CCN(c1cc(C(F)(F)F)cc(C(=O)NCc2c(C(C)C)cc(C)[nH]c2=O)c1C)C1CN(C)C1. The van der Waals surface area contributed by atoms with Crippen molar-refractivity contribution in [2.75, 3.05) is 31.6 Å². The number of rotatable bonds is 7. The normalized spacial score (nSPS) is 14.9. The van der Waals surface area contributed by atoms with Crippen LogP contribution in [0.15, 0.2) is 23.0 Å². The molecule has 1 fully saturated rings. The molecular formula is C25H33F3N4O2. The van der Waals surface area contributed by atoms with Crippen LogP contribution >= 0.6 is 0 Å². The van der Waals surface area contributed by atoms with E-state index in [9.17, 15) is 22.8 Å². The van der Waals surface area contributed by atoms with Crippen molar-refractivity contribution in [3.63, 3.8) is 0 Å². The number of aromatic nitrogens is 1. The zero-order chi connectivity index (χ0) is 25.4. The Hall–Kier alpha value is -2.81. The smallest absolute Gasteiger partial charge is 0.366 e. The van der Waals surface area contributed by atoms with Crippen LogP contribution in [0.25, 0.3) is 0 Å². The minimum Gasteiger partial charge on any atom is -0.366 e. The molecule has 0 aliphatic carbocycles. The van der Waals surface area contributed by atoms with E-state index in [1.807, 2.05) is 38.8 Å². The molecule has 0 radical (unpaired) electrons. The summed E-state index contributed by atoms with van der Waals surface area (Å²) in [4.78, 5) is 32.4. The molecule has 9 heteroatoms. The molecule has 0 atom stereocenters. The van der Waals surface area contributed by atoms with Crippen molar-refractivity contribution in [3.8, 4) is 0 Å². The second-order valence-corrected chi connectivity index (χ2v) is 9.38. The fourth-order valence-electron chi connectivity index (χ4n) is 4.59. The van der Waals surface area contributed by atoms with Gasteiger partial charge in [0.2, 0.25) is 0 Å². The number of likely N-dealkylation sites (N-methyl/N-ethyl adjacent to an activating group) is 2. The first-order valence-electron chi connectivity index (χ1n) is 11.5. The summed E-state index contributed by atoms with van der Waals surface area (Å²) in [5, 5.41) is 2.69. The van der Waals surface area contributed by atoms with Gasteiger partial charge in [-0.1, -0.05) is 13.8 Å². The molecule has 0 unspecified atom stereocenters. The van der Waals surface area contributed by atoms with Gasteiger partial charge in [-0.05, 0) is 63.1 Å². The van der Waals surface area contributed by atoms with Crippen LogP contribution in [0.3, 0.4) is 0 Å². The number of pyridine rings is 1. The number of carbonyl (C=O) groups excluding carboxylic acids is 1. The Bertz CT molecular complexity index is 1120. The van der Waals surface area contributed by atoms with Crippen LogP contribution in [0.1, 0.15) is 65.0 Å². The van der Waals surface area contributed by atoms with E-state index in [1.54, 1.807) is 13.8 Å². The van der Waals surface area contributed by atoms with E-state index in [0.717, 1.165) is 30.8 Å². The van der Waals surface area contributed by atoms with E-state index >= 15 is 0 Å². The van der Waals surface area contributed by atoms with Gasteiger partial charge < -0.3 is 20.1 Å². The highest BCUT2D eigenvalue weighted by Crippen LogP contribution is 2.36. The molecule has 2 aromatic rings. The monoisotopic (exact) mass is 478 g/mol. The lowest BCUT2D eigenvalue weighted by Gasteiger charge is -2.45. The number of aromatic amines is 1. The van der Waals surface area contributed by atoms with Gasteiger partial charge in [0.1, 0.15) is 0 Å². The number of hydrogen-bond donors (Lipinski definition) is 2. The quantitative estimate of drug-likeness (QED) is 0.626. The summed E-state index contributed by atoms with van der Waals surface area (Å²) in [6, 6.07) is 3.98. The fourth-order valence-corrected chi connectivity index (χ4v) is 4.59. The summed E-state index contributed by atoms with van der Waals surface area (Å²) in [5.74, 6) is -0.588. The number of alkyl halides is 3. The largest absolute Gasteiger partial charge is 0.416 e. The van der Waals surface area contributed by atoms with Crippen molar-refractivity contribution in [2.45, 2.75) is 59.3 Å². The Morgan fingerprint density at radius 2 is 1.88 bits per heavy atom. The molecule has 2 N–H and O–H groups in total. The van der Waals surface area contributed by atoms with Gasteiger partial charge in [-0.25, -0.2) is 0 Å². The van der Waals surface area contributed by atoms with Gasteiger partial charge in [0.05, 0.1) is 11.6 Å². The third kappa shape index (κ3) is 5.29. The number of amides is 1. The summed E-state index contributed by atoms with van der Waals surface area (Å²) in [7, 11) is 1.96. The number of halogens is 3. The number of nitrogens with zero attached hydrogens (tertiary/aromatic N) is 2. The van der Waals surface area contributed by atoms with Crippen LogP contribution < -0.4 is 15.8 Å². The lowest BCUT2D eigenvalue weighted by atomic mass is 9.97. The molecule has 1 saturated heterocycles. The lowest BCUT2D eigenvalue weighted by molar-refractivity contribution is -0.137. The molecule has 0 spiro atoms. The molecule has 0 saturated carbocycles. The summed E-state index contributed by atoms with van der Waals surface area (Å²) in [6.45, 7) is 11.2. The number of anilines is 1. The average molecular weight is 479 g/mol. The zero-order valence-electron chi connectivity index (χ0n) is 20.6. The lowest BCUT2D eigenvalue weighted by Crippen LogP contribution is -2.58. The van der Waals surface area contributed by atoms with Gasteiger partial charge in [0.15, 0.2) is 0 Å². The molecule has 3 rings (SSSR count). The maximum absolute atomic E-state index is 13.7. The number of hydrogen-bond acceptors (Lipinski definition) is 4. The number of carbonyl (C=O) groups is 1. The Labute approximate surface area is 198 Å². The van der Waals surface area contributed by atoms with Gasteiger partial charge >= 0.3 is 6.18 Å². The predicted octanol–water partition coefficient (Wildman–Crippen LogP) is 4.20. The average Bonchev–Trinajstić information content (AvgIpc) is 2.71. The molecule has 1 amide bonds. The van der Waals surface area contributed by atoms with E-state index in [1.165, 1.54) is 0 Å². The predicted molar refractivity (Wildman–Crippen MR) is 128 cm³/mol. The van der Waals surface area contributed by atoms with Crippen LogP contribution in [-0.4, -0.2) is 48.5 Å². The Morgan fingerprint density at radius 3 is 2.41 bits per heavy atom. The van der Waals surface area contributed by atoms with Crippen LogP contribution in [0.2, 0.25) is 0 Å². The Balaban J connectivity index is 1.98.